The van der Waals surface area contributed by atoms with Crippen LogP contribution in [0.5, 0.6) is 0 Å². The van der Waals surface area contributed by atoms with Gasteiger partial charge in [0.05, 0.1) is 11.1 Å². The van der Waals surface area contributed by atoms with E-state index in [-0.39, 0.29) is 22.9 Å². The zero-order valence-electron chi connectivity index (χ0n) is 19.0. The number of aromatic carboxylic acids is 1. The lowest BCUT2D eigenvalue weighted by Crippen LogP contribution is -1.96. The van der Waals surface area contributed by atoms with E-state index in [9.17, 15) is 4.79 Å². The molecule has 1 N–H and O–H groups in total. The van der Waals surface area contributed by atoms with Crippen molar-refractivity contribution in [2.75, 3.05) is 0 Å². The van der Waals surface area contributed by atoms with Crippen LogP contribution in [0.2, 0.25) is 0 Å². The average molecular weight is 439 g/mol. The molecule has 2 aromatic rings. The molecule has 170 valence electrons. The van der Waals surface area contributed by atoms with Gasteiger partial charge in [-0.2, -0.15) is 4.98 Å². The first-order valence-electron chi connectivity index (χ1n) is 11.2. The van der Waals surface area contributed by atoms with Crippen molar-refractivity contribution < 1.29 is 18.8 Å². The van der Waals surface area contributed by atoms with Crippen molar-refractivity contribution in [3.63, 3.8) is 0 Å². The van der Waals surface area contributed by atoms with Gasteiger partial charge in [0.25, 0.3) is 5.89 Å². The van der Waals surface area contributed by atoms with E-state index in [4.69, 9.17) is 9.63 Å². The molecule has 1 aromatic heterocycles. The minimum absolute atomic E-state index is 0.0767. The van der Waals surface area contributed by atoms with E-state index in [1.165, 1.54) is 17.7 Å². The Hall–Kier alpha value is -3.28. The van der Waals surface area contributed by atoms with Crippen LogP contribution in [0.3, 0.4) is 0 Å². The first kappa shape index (κ1) is 25.0. The highest BCUT2D eigenvalue weighted by Crippen LogP contribution is 2.28. The fourth-order valence-corrected chi connectivity index (χ4v) is 3.21. The van der Waals surface area contributed by atoms with Crippen LogP contribution >= 0.6 is 0 Å². The Morgan fingerprint density at radius 1 is 1.22 bits per heavy atom. The molecule has 1 aliphatic carbocycles. The summed E-state index contributed by atoms with van der Waals surface area (Å²) in [6.45, 7) is 5.91. The molecule has 0 amide bonds. The number of hydrogen-bond acceptors (Lipinski definition) is 4. The van der Waals surface area contributed by atoms with E-state index >= 15 is 4.39 Å². The van der Waals surface area contributed by atoms with Crippen LogP contribution in [0.4, 0.5) is 4.39 Å². The maximum atomic E-state index is 15.0. The molecule has 0 saturated heterocycles. The fraction of sp³-hybridized carbons (Fsp3) is 0.346. The highest BCUT2D eigenvalue weighted by Gasteiger charge is 2.17. The second-order valence-electron chi connectivity index (χ2n) is 7.06. The Morgan fingerprint density at radius 2 is 2.03 bits per heavy atom. The van der Waals surface area contributed by atoms with Crippen LogP contribution < -0.4 is 0 Å². The van der Waals surface area contributed by atoms with Gasteiger partial charge in [-0.3, -0.25) is 0 Å². The third kappa shape index (κ3) is 7.15. The van der Waals surface area contributed by atoms with E-state index in [0.29, 0.717) is 18.4 Å². The summed E-state index contributed by atoms with van der Waals surface area (Å²) in [5.74, 6) is -1.15. The third-order valence-corrected chi connectivity index (χ3v) is 4.79. The number of allylic oxidation sites excluding steroid dienone is 8. The second-order valence-corrected chi connectivity index (χ2v) is 7.06. The Labute approximate surface area is 189 Å². The molecule has 0 radical (unpaired) electrons. The molecular weight excluding hydrogens is 407 g/mol. The van der Waals surface area contributed by atoms with Gasteiger partial charge in [0.2, 0.25) is 5.82 Å². The number of hydrogen-bond donors (Lipinski definition) is 1. The quantitative estimate of drug-likeness (QED) is 0.357. The van der Waals surface area contributed by atoms with Gasteiger partial charge >= 0.3 is 5.97 Å². The number of aromatic nitrogens is 2. The zero-order valence-corrected chi connectivity index (χ0v) is 19.0. The van der Waals surface area contributed by atoms with Crippen molar-refractivity contribution in [1.29, 1.82) is 0 Å². The molecule has 3 rings (SSSR count). The minimum atomic E-state index is -1.04. The molecule has 0 spiro atoms. The lowest BCUT2D eigenvalue weighted by molar-refractivity contribution is 0.0697. The topological polar surface area (TPSA) is 76.2 Å². The van der Waals surface area contributed by atoms with Gasteiger partial charge in [0, 0.05) is 5.56 Å². The van der Waals surface area contributed by atoms with Crippen LogP contribution in [-0.4, -0.2) is 21.2 Å². The summed E-state index contributed by atoms with van der Waals surface area (Å²) in [7, 11) is 0. The number of rotatable bonds is 7. The predicted octanol–water partition coefficient (Wildman–Crippen LogP) is 7.55. The van der Waals surface area contributed by atoms with Crippen LogP contribution in [0.1, 0.15) is 75.5 Å². The second kappa shape index (κ2) is 13.2. The number of carboxylic acid groups (broad SMARTS) is 1. The van der Waals surface area contributed by atoms with E-state index < -0.39 is 11.8 Å². The molecular formula is C26H31FN2O3. The maximum Gasteiger partial charge on any atom is 0.335 e. The summed E-state index contributed by atoms with van der Waals surface area (Å²) in [6.07, 6.45) is 14.9. The molecule has 1 heterocycles. The first-order valence-corrected chi connectivity index (χ1v) is 11.2. The lowest BCUT2D eigenvalue weighted by Gasteiger charge is -2.06. The lowest BCUT2D eigenvalue weighted by atomic mass is 10.0. The van der Waals surface area contributed by atoms with Gasteiger partial charge in [-0.05, 0) is 56.7 Å². The monoisotopic (exact) mass is 438 g/mol. The van der Waals surface area contributed by atoms with Crippen LogP contribution in [-0.2, 0) is 0 Å². The minimum Gasteiger partial charge on any atom is -0.478 e. The summed E-state index contributed by atoms with van der Waals surface area (Å²) in [5, 5.41) is 13.1. The molecule has 0 bridgehead atoms. The standard InChI is InChI=1S/C24H25FN2O3.C2H6/c1-2-9-20(21(25)15-14-17-10-6-4-3-5-7-11-17)23-26-22(27-30-23)18-12-8-13-19(16-18)24(28)29;1-2/h4,6,8-9,11-13,15-16H,2-3,5,7,10,14H2,1H3,(H,28,29);1-2H3/b6-4-,17-11+,20-9+,21-15+;. The van der Waals surface area contributed by atoms with Crippen molar-refractivity contribution in [3.8, 4) is 11.4 Å². The third-order valence-electron chi connectivity index (χ3n) is 4.79. The van der Waals surface area contributed by atoms with Crippen molar-refractivity contribution in [2.45, 2.75) is 59.3 Å². The summed E-state index contributed by atoms with van der Waals surface area (Å²) in [4.78, 5) is 15.5. The number of benzene rings is 1. The Bertz CT molecular complexity index is 1020. The number of nitrogens with zero attached hydrogens (tertiary/aromatic N) is 2. The van der Waals surface area contributed by atoms with Crippen LogP contribution in [0.25, 0.3) is 17.0 Å². The molecule has 1 aliphatic rings. The molecule has 0 atom stereocenters. The summed E-state index contributed by atoms with van der Waals surface area (Å²) in [5.41, 5.74) is 2.06. The Morgan fingerprint density at radius 3 is 2.78 bits per heavy atom. The number of carbonyl (C=O) groups is 1. The number of carboxylic acids is 1. The summed E-state index contributed by atoms with van der Waals surface area (Å²) in [6, 6.07) is 6.23. The summed E-state index contributed by atoms with van der Waals surface area (Å²) < 4.78 is 20.3. The summed E-state index contributed by atoms with van der Waals surface area (Å²) >= 11 is 0. The fourth-order valence-electron chi connectivity index (χ4n) is 3.21. The van der Waals surface area contributed by atoms with Gasteiger partial charge in [0.1, 0.15) is 5.83 Å². The van der Waals surface area contributed by atoms with Crippen molar-refractivity contribution in [3.05, 3.63) is 77.5 Å². The molecule has 0 fully saturated rings. The van der Waals surface area contributed by atoms with Crippen molar-refractivity contribution >= 4 is 11.5 Å². The van der Waals surface area contributed by atoms with E-state index in [0.717, 1.165) is 25.7 Å². The van der Waals surface area contributed by atoms with Crippen LogP contribution in [0.15, 0.2) is 70.6 Å². The zero-order chi connectivity index (χ0) is 23.3. The van der Waals surface area contributed by atoms with Gasteiger partial charge in [0.15, 0.2) is 0 Å². The average Bonchev–Trinajstić information content (AvgIpc) is 3.28. The van der Waals surface area contributed by atoms with E-state index in [2.05, 4.69) is 28.4 Å². The molecule has 6 heteroatoms. The smallest absolute Gasteiger partial charge is 0.335 e. The molecule has 0 unspecified atom stereocenters. The van der Waals surface area contributed by atoms with Gasteiger partial charge in [-0.25, -0.2) is 9.18 Å². The molecule has 0 aliphatic heterocycles. The van der Waals surface area contributed by atoms with Crippen molar-refractivity contribution in [1.82, 2.24) is 10.1 Å². The first-order chi connectivity index (χ1) is 15.6. The van der Waals surface area contributed by atoms with Gasteiger partial charge in [-0.15, -0.1) is 0 Å². The van der Waals surface area contributed by atoms with E-state index in [1.807, 2.05) is 20.8 Å². The van der Waals surface area contributed by atoms with Gasteiger partial charge in [-0.1, -0.05) is 67.9 Å². The highest BCUT2D eigenvalue weighted by atomic mass is 19.1. The molecule has 5 nitrogen and oxygen atoms in total. The molecule has 1 aromatic carbocycles. The maximum absolute atomic E-state index is 15.0. The van der Waals surface area contributed by atoms with Crippen molar-refractivity contribution in [2.24, 2.45) is 0 Å². The predicted molar refractivity (Wildman–Crippen MR) is 126 cm³/mol. The highest BCUT2D eigenvalue weighted by molar-refractivity contribution is 5.89. The van der Waals surface area contributed by atoms with Crippen LogP contribution in [0, 0.1) is 0 Å². The van der Waals surface area contributed by atoms with Gasteiger partial charge < -0.3 is 9.63 Å². The largest absolute Gasteiger partial charge is 0.478 e. The Balaban J connectivity index is 0.00000176. The normalized spacial score (nSPS) is 17.3. The molecule has 0 saturated carbocycles. The SMILES string of the molecule is CC.CC/C=C(\C(F)=C/C/C1=C/CCC/C=C\C1)c1nc(-c2cccc(C(=O)O)c2)no1. The number of halogens is 1. The van der Waals surface area contributed by atoms with E-state index in [1.54, 1.807) is 24.3 Å². The Kier molecular flexibility index (Phi) is 10.3. The molecule has 32 heavy (non-hydrogen) atoms.